The van der Waals surface area contributed by atoms with E-state index in [0.717, 1.165) is 10.6 Å². The molecule has 0 aromatic carbocycles. The van der Waals surface area contributed by atoms with E-state index in [1.807, 2.05) is 6.92 Å². The number of thiazole rings is 1. The van der Waals surface area contributed by atoms with Gasteiger partial charge in [-0.05, 0) is 6.92 Å². The van der Waals surface area contributed by atoms with E-state index in [4.69, 9.17) is 10.5 Å². The summed E-state index contributed by atoms with van der Waals surface area (Å²) in [6.45, 7) is 3.70. The van der Waals surface area contributed by atoms with Gasteiger partial charge >= 0.3 is 5.97 Å². The number of rotatable bonds is 3. The average Bonchev–Trinajstić information content (AvgIpc) is 2.29. The van der Waals surface area contributed by atoms with Gasteiger partial charge in [-0.15, -0.1) is 11.3 Å². The summed E-state index contributed by atoms with van der Waals surface area (Å²) < 4.78 is 4.81. The van der Waals surface area contributed by atoms with E-state index in [1.54, 1.807) is 0 Å². The molecule has 72 valence electrons. The van der Waals surface area contributed by atoms with Gasteiger partial charge in [0, 0.05) is 18.2 Å². The number of nitrogens with two attached hydrogens (primary N) is 1. The van der Waals surface area contributed by atoms with Gasteiger partial charge in [0.05, 0.1) is 12.3 Å². The van der Waals surface area contributed by atoms with Crippen molar-refractivity contribution < 1.29 is 9.53 Å². The first-order chi connectivity index (χ1) is 6.09. The van der Waals surface area contributed by atoms with Gasteiger partial charge in [-0.25, -0.2) is 4.98 Å². The quantitative estimate of drug-likeness (QED) is 0.746. The molecule has 1 rings (SSSR count). The molecule has 0 amide bonds. The highest BCUT2D eigenvalue weighted by Crippen LogP contribution is 2.19. The first-order valence-corrected chi connectivity index (χ1v) is 4.76. The van der Waals surface area contributed by atoms with E-state index in [1.165, 1.54) is 18.3 Å². The van der Waals surface area contributed by atoms with Crippen LogP contribution in [0.5, 0.6) is 0 Å². The highest BCUT2D eigenvalue weighted by Gasteiger charge is 2.05. The fraction of sp³-hybridized carbons (Fsp3) is 0.500. The lowest BCUT2D eigenvalue weighted by molar-refractivity contribution is -0.140. The van der Waals surface area contributed by atoms with Crippen molar-refractivity contribution in [2.45, 2.75) is 20.3 Å². The fourth-order valence-electron chi connectivity index (χ4n) is 0.970. The van der Waals surface area contributed by atoms with E-state index in [-0.39, 0.29) is 5.97 Å². The Morgan fingerprint density at radius 2 is 2.46 bits per heavy atom. The Kier molecular flexibility index (Phi) is 3.25. The molecule has 0 bridgehead atoms. The molecule has 2 N–H and O–H groups in total. The zero-order valence-corrected chi connectivity index (χ0v) is 8.48. The lowest BCUT2D eigenvalue weighted by atomic mass is 10.3. The van der Waals surface area contributed by atoms with E-state index in [9.17, 15) is 4.79 Å². The molecule has 1 heterocycles. The van der Waals surface area contributed by atoms with Gasteiger partial charge in [-0.1, -0.05) is 0 Å². The number of esters is 1. The molecule has 0 aliphatic rings. The molecule has 1 aromatic rings. The summed E-state index contributed by atoms with van der Waals surface area (Å²) in [7, 11) is 0. The number of carbonyl (C=O) groups excluding carboxylic acids is 1. The minimum absolute atomic E-state index is 0.254. The molecule has 0 saturated carbocycles. The van der Waals surface area contributed by atoms with Crippen molar-refractivity contribution in [3.05, 3.63) is 10.6 Å². The summed E-state index contributed by atoms with van der Waals surface area (Å²) in [5.74, 6) is -0.254. The number of anilines is 1. The predicted octanol–water partition coefficient (Wildman–Crippen LogP) is 1.14. The Labute approximate surface area is 80.7 Å². The normalized spacial score (nSPS) is 10.0. The third-order valence-corrected chi connectivity index (χ3v) is 2.59. The third kappa shape index (κ3) is 3.02. The summed E-state index contributed by atoms with van der Waals surface area (Å²) >= 11 is 1.44. The van der Waals surface area contributed by atoms with Crippen LogP contribution in [-0.2, 0) is 16.0 Å². The zero-order chi connectivity index (χ0) is 9.84. The molecule has 0 unspecified atom stereocenters. The predicted molar refractivity (Wildman–Crippen MR) is 51.6 cm³/mol. The maximum Gasteiger partial charge on any atom is 0.302 e. The molecule has 4 nitrogen and oxygen atoms in total. The molecule has 1 aromatic heterocycles. The van der Waals surface area contributed by atoms with Crippen molar-refractivity contribution in [2.24, 2.45) is 0 Å². The second-order valence-corrected chi connectivity index (χ2v) is 3.77. The van der Waals surface area contributed by atoms with E-state index >= 15 is 0 Å². The number of nitrogen functional groups attached to an aromatic ring is 1. The van der Waals surface area contributed by atoms with Gasteiger partial charge in [0.25, 0.3) is 0 Å². The Balaban J connectivity index is 2.45. The van der Waals surface area contributed by atoms with Crippen LogP contribution in [0.25, 0.3) is 0 Å². The summed E-state index contributed by atoms with van der Waals surface area (Å²) in [6.07, 6.45) is 0.695. The highest BCUT2D eigenvalue weighted by molar-refractivity contribution is 7.15. The van der Waals surface area contributed by atoms with Crippen molar-refractivity contribution >= 4 is 22.4 Å². The molecule has 0 radical (unpaired) electrons. The van der Waals surface area contributed by atoms with Crippen LogP contribution in [0, 0.1) is 6.92 Å². The molecule has 0 aliphatic heterocycles. The minimum atomic E-state index is -0.254. The van der Waals surface area contributed by atoms with Gasteiger partial charge in [0.2, 0.25) is 0 Å². The standard InChI is InChI=1S/C8H12N2O2S/c1-5-7(13-8(9)10-5)3-4-12-6(2)11/h3-4H2,1-2H3,(H2,9,10)/i8+2. The summed E-state index contributed by atoms with van der Waals surface area (Å²) in [4.78, 5) is 15.6. The maximum absolute atomic E-state index is 10.5. The zero-order valence-electron chi connectivity index (χ0n) is 7.66. The Morgan fingerprint density at radius 3 is 2.92 bits per heavy atom. The summed E-state index contributed by atoms with van der Waals surface area (Å²) in [5, 5.41) is 0.565. The van der Waals surface area contributed by atoms with Crippen LogP contribution in [0.1, 0.15) is 17.5 Å². The van der Waals surface area contributed by atoms with Crippen LogP contribution in [0.4, 0.5) is 5.13 Å². The third-order valence-electron chi connectivity index (χ3n) is 1.54. The summed E-state index contributed by atoms with van der Waals surface area (Å²) in [6, 6.07) is 0. The van der Waals surface area contributed by atoms with Crippen LogP contribution in [-0.4, -0.2) is 17.6 Å². The largest absolute Gasteiger partial charge is 0.465 e. The molecule has 5 heteroatoms. The topological polar surface area (TPSA) is 65.2 Å². The molecular formula is C8H12N2O2S. The van der Waals surface area contributed by atoms with Crippen molar-refractivity contribution in [3.63, 3.8) is 0 Å². The maximum atomic E-state index is 10.5. The second-order valence-electron chi connectivity index (χ2n) is 2.65. The lowest BCUT2D eigenvalue weighted by Crippen LogP contribution is -2.02. The van der Waals surface area contributed by atoms with Crippen LogP contribution < -0.4 is 5.73 Å². The Bertz CT molecular complexity index is 309. The van der Waals surface area contributed by atoms with Crippen LogP contribution in [0.15, 0.2) is 0 Å². The van der Waals surface area contributed by atoms with Gasteiger partial charge in [0.1, 0.15) is 0 Å². The van der Waals surface area contributed by atoms with Gasteiger partial charge in [-0.3, -0.25) is 4.79 Å². The Hall–Kier alpha value is -1.10. The number of carbonyl (C=O) groups is 1. The van der Waals surface area contributed by atoms with E-state index in [2.05, 4.69) is 4.98 Å². The first kappa shape index (κ1) is 9.98. The highest BCUT2D eigenvalue weighted by atomic mass is 32.1. The van der Waals surface area contributed by atoms with Gasteiger partial charge in [0.15, 0.2) is 5.13 Å². The average molecular weight is 202 g/mol. The molecule has 0 aliphatic carbocycles. The number of aromatic nitrogens is 1. The lowest BCUT2D eigenvalue weighted by Gasteiger charge is -1.99. The van der Waals surface area contributed by atoms with Crippen molar-refractivity contribution in [1.82, 2.24) is 4.98 Å². The number of nitrogens with zero attached hydrogens (tertiary/aromatic N) is 1. The van der Waals surface area contributed by atoms with Crippen molar-refractivity contribution in [2.75, 3.05) is 12.3 Å². The number of aryl methyl sites for hydroxylation is 1. The van der Waals surface area contributed by atoms with Gasteiger partial charge < -0.3 is 10.5 Å². The molecular weight excluding hydrogens is 190 g/mol. The molecule has 0 spiro atoms. The van der Waals surface area contributed by atoms with Crippen molar-refractivity contribution in [1.29, 1.82) is 0 Å². The molecule has 13 heavy (non-hydrogen) atoms. The van der Waals surface area contributed by atoms with Crippen molar-refractivity contribution in [3.8, 4) is 0 Å². The Morgan fingerprint density at radius 1 is 1.77 bits per heavy atom. The monoisotopic (exact) mass is 202 g/mol. The van der Waals surface area contributed by atoms with E-state index in [0.29, 0.717) is 18.2 Å². The van der Waals surface area contributed by atoms with Crippen LogP contribution in [0.3, 0.4) is 0 Å². The molecule has 0 saturated heterocycles. The first-order valence-electron chi connectivity index (χ1n) is 3.94. The minimum Gasteiger partial charge on any atom is -0.465 e. The number of hydrogen-bond acceptors (Lipinski definition) is 5. The van der Waals surface area contributed by atoms with Gasteiger partial charge in [-0.2, -0.15) is 0 Å². The number of hydrogen-bond donors (Lipinski definition) is 1. The summed E-state index contributed by atoms with van der Waals surface area (Å²) in [5.41, 5.74) is 6.44. The SMILES string of the molecule is CC(=O)OCCc1s[14c](N)nc1C. The molecule has 0 fully saturated rings. The van der Waals surface area contributed by atoms with Crippen LogP contribution in [0.2, 0.25) is 0 Å². The smallest absolute Gasteiger partial charge is 0.302 e. The van der Waals surface area contributed by atoms with E-state index < -0.39 is 0 Å². The molecule has 0 atom stereocenters. The van der Waals surface area contributed by atoms with Crippen LogP contribution >= 0.6 is 11.3 Å². The fourth-order valence-corrected chi connectivity index (χ4v) is 1.78. The second kappa shape index (κ2) is 4.23. The number of ether oxygens (including phenoxy) is 1.